The summed E-state index contributed by atoms with van der Waals surface area (Å²) in [6.45, 7) is 5.59. The van der Waals surface area contributed by atoms with Crippen LogP contribution in [0.1, 0.15) is 106 Å². The number of rotatable bonds is 11. The number of piperidine rings is 2. The summed E-state index contributed by atoms with van der Waals surface area (Å²) in [6.07, 6.45) is 7.04. The fourth-order valence-corrected chi connectivity index (χ4v) is 8.77. The summed E-state index contributed by atoms with van der Waals surface area (Å²) in [6, 6.07) is 9.09. The molecule has 3 fully saturated rings. The molecule has 2 aromatic carbocycles. The van der Waals surface area contributed by atoms with Gasteiger partial charge in [-0.05, 0) is 68.6 Å². The number of methoxy groups -OCH3 is 2. The van der Waals surface area contributed by atoms with Crippen LogP contribution in [0.2, 0.25) is 0 Å². The van der Waals surface area contributed by atoms with Crippen LogP contribution in [-0.2, 0) is 19.1 Å². The van der Waals surface area contributed by atoms with Gasteiger partial charge in [-0.2, -0.15) is 0 Å². The smallest absolute Gasteiger partial charge is 0.407 e. The van der Waals surface area contributed by atoms with Crippen molar-refractivity contribution in [2.24, 2.45) is 5.92 Å². The molecule has 4 N–H and O–H groups in total. The summed E-state index contributed by atoms with van der Waals surface area (Å²) in [7, 11) is 2.51. The average Bonchev–Trinajstić information content (AvgIpc) is 4.06. The van der Waals surface area contributed by atoms with E-state index in [1.54, 1.807) is 45.2 Å². The molecule has 3 aliphatic rings. The zero-order valence-corrected chi connectivity index (χ0v) is 34.4. The van der Waals surface area contributed by atoms with Gasteiger partial charge in [-0.15, -0.1) is 0 Å². The van der Waals surface area contributed by atoms with Gasteiger partial charge in [-0.1, -0.05) is 44.2 Å². The van der Waals surface area contributed by atoms with Gasteiger partial charge in [0.15, 0.2) is 0 Å². The number of aromatic amines is 2. The molecular formula is C43H53F2N9O6. The molecule has 60 heavy (non-hydrogen) atoms. The van der Waals surface area contributed by atoms with E-state index in [2.05, 4.69) is 25.6 Å². The largest absolute Gasteiger partial charge is 0.453 e. The highest BCUT2D eigenvalue weighted by molar-refractivity contribution is 5.88. The van der Waals surface area contributed by atoms with Crippen molar-refractivity contribution in [3.8, 4) is 11.3 Å². The zero-order chi connectivity index (χ0) is 42.5. The van der Waals surface area contributed by atoms with Gasteiger partial charge in [0.05, 0.1) is 38.2 Å². The third kappa shape index (κ3) is 8.94. The lowest BCUT2D eigenvalue weighted by Gasteiger charge is -2.37. The molecule has 0 unspecified atom stereocenters. The molecule has 0 aliphatic carbocycles. The predicted octanol–water partition coefficient (Wildman–Crippen LogP) is 6.66. The predicted molar refractivity (Wildman–Crippen MR) is 218 cm³/mol. The molecule has 7 rings (SSSR count). The SMILES string of the molecule is COC(=O)N[C@H](C(=O)N1CCCC[C@H]1c1ncc(C2CCN(c3c(F)cc(-c4cnc([C@@H]5CCCN5C(=O)[C@H](NC(=O)OC)c5ccccc5)[nH]4)cc3F)CC2)[nH]1)C(C)C. The lowest BCUT2D eigenvalue weighted by molar-refractivity contribution is -0.138. The molecule has 320 valence electrons. The summed E-state index contributed by atoms with van der Waals surface area (Å²) in [4.78, 5) is 72.9. The summed E-state index contributed by atoms with van der Waals surface area (Å²) in [5.41, 5.74) is 2.13. The maximum Gasteiger partial charge on any atom is 0.407 e. The second-order valence-corrected chi connectivity index (χ2v) is 16.0. The molecule has 0 saturated carbocycles. The normalized spacial score (nSPS) is 19.6. The quantitative estimate of drug-likeness (QED) is 0.129. The van der Waals surface area contributed by atoms with E-state index in [4.69, 9.17) is 14.5 Å². The number of anilines is 1. The van der Waals surface area contributed by atoms with Gasteiger partial charge < -0.3 is 44.8 Å². The molecule has 0 spiro atoms. The van der Waals surface area contributed by atoms with E-state index in [1.807, 2.05) is 19.9 Å². The number of alkyl carbamates (subject to hydrolysis) is 2. The van der Waals surface area contributed by atoms with Crippen molar-refractivity contribution in [3.63, 3.8) is 0 Å². The first-order valence-electron chi connectivity index (χ1n) is 20.7. The molecule has 4 aromatic rings. The number of nitrogens with zero attached hydrogens (tertiary/aromatic N) is 5. The van der Waals surface area contributed by atoms with Crippen molar-refractivity contribution < 1.29 is 37.4 Å². The van der Waals surface area contributed by atoms with Crippen LogP contribution in [0.3, 0.4) is 0 Å². The van der Waals surface area contributed by atoms with Crippen molar-refractivity contribution >= 4 is 29.7 Å². The van der Waals surface area contributed by atoms with Crippen LogP contribution >= 0.6 is 0 Å². The topological polar surface area (TPSA) is 178 Å². The Morgan fingerprint density at radius 1 is 0.750 bits per heavy atom. The van der Waals surface area contributed by atoms with Gasteiger partial charge >= 0.3 is 12.2 Å². The minimum Gasteiger partial charge on any atom is -0.453 e. The number of likely N-dealkylation sites (tertiary alicyclic amines) is 2. The molecule has 17 heteroatoms. The second kappa shape index (κ2) is 18.5. The second-order valence-electron chi connectivity index (χ2n) is 16.0. The van der Waals surface area contributed by atoms with Crippen LogP contribution in [-0.4, -0.2) is 100 Å². The molecule has 0 radical (unpaired) electrons. The van der Waals surface area contributed by atoms with Crippen molar-refractivity contribution in [1.82, 2.24) is 40.4 Å². The minimum atomic E-state index is -0.974. The van der Waals surface area contributed by atoms with E-state index >= 15 is 8.78 Å². The molecular weight excluding hydrogens is 777 g/mol. The molecule has 2 aromatic heterocycles. The van der Waals surface area contributed by atoms with E-state index < -0.39 is 41.9 Å². The third-order valence-corrected chi connectivity index (χ3v) is 12.0. The van der Waals surface area contributed by atoms with E-state index in [-0.39, 0.29) is 40.9 Å². The number of imidazole rings is 2. The highest BCUT2D eigenvalue weighted by Crippen LogP contribution is 2.38. The average molecular weight is 830 g/mol. The number of halogens is 2. The first-order valence-corrected chi connectivity index (χ1v) is 20.7. The Bertz CT molecular complexity index is 2130. The lowest BCUT2D eigenvalue weighted by atomic mass is 9.93. The molecule has 5 heterocycles. The molecule has 4 atom stereocenters. The first kappa shape index (κ1) is 42.1. The Morgan fingerprint density at radius 2 is 1.35 bits per heavy atom. The maximum atomic E-state index is 15.9. The summed E-state index contributed by atoms with van der Waals surface area (Å²) in [5, 5.41) is 5.34. The number of hydrogen-bond acceptors (Lipinski definition) is 9. The van der Waals surface area contributed by atoms with Gasteiger partial charge in [-0.3, -0.25) is 9.59 Å². The third-order valence-electron chi connectivity index (χ3n) is 12.0. The van der Waals surface area contributed by atoms with Crippen LogP contribution < -0.4 is 15.5 Å². The number of nitrogens with one attached hydrogen (secondary N) is 4. The monoisotopic (exact) mass is 829 g/mol. The number of carbonyl (C=O) groups excluding carboxylic acids is 4. The molecule has 3 saturated heterocycles. The van der Waals surface area contributed by atoms with Gasteiger partial charge in [0.2, 0.25) is 5.91 Å². The summed E-state index contributed by atoms with van der Waals surface area (Å²) >= 11 is 0. The number of hydrogen-bond donors (Lipinski definition) is 4. The fraction of sp³-hybridized carbons (Fsp3) is 0.488. The Kier molecular flexibility index (Phi) is 13.0. The van der Waals surface area contributed by atoms with Gasteiger partial charge in [0, 0.05) is 49.6 Å². The number of aromatic nitrogens is 4. The van der Waals surface area contributed by atoms with Crippen molar-refractivity contribution in [1.29, 1.82) is 0 Å². The number of ether oxygens (including phenoxy) is 2. The van der Waals surface area contributed by atoms with Crippen LogP contribution in [0.4, 0.5) is 24.1 Å². The maximum absolute atomic E-state index is 15.9. The Labute approximate surface area is 347 Å². The van der Waals surface area contributed by atoms with Crippen LogP contribution in [0.5, 0.6) is 0 Å². The Morgan fingerprint density at radius 3 is 2.02 bits per heavy atom. The van der Waals surface area contributed by atoms with Crippen molar-refractivity contribution in [2.75, 3.05) is 45.3 Å². The Hall–Kier alpha value is -6.00. The number of amides is 4. The Balaban J connectivity index is 1.00. The van der Waals surface area contributed by atoms with Crippen molar-refractivity contribution in [3.05, 3.63) is 89.4 Å². The van der Waals surface area contributed by atoms with Crippen LogP contribution in [0, 0.1) is 17.6 Å². The van der Waals surface area contributed by atoms with Gasteiger partial charge in [0.1, 0.15) is 41.1 Å². The first-order chi connectivity index (χ1) is 29.0. The van der Waals surface area contributed by atoms with Gasteiger partial charge in [-0.25, -0.2) is 28.3 Å². The van der Waals surface area contributed by atoms with Crippen LogP contribution in [0.25, 0.3) is 11.3 Å². The fourth-order valence-electron chi connectivity index (χ4n) is 8.77. The number of carbonyl (C=O) groups is 4. The highest BCUT2D eigenvalue weighted by Gasteiger charge is 2.39. The van der Waals surface area contributed by atoms with Gasteiger partial charge in [0.25, 0.3) is 5.91 Å². The molecule has 15 nitrogen and oxygen atoms in total. The van der Waals surface area contributed by atoms with E-state index in [1.165, 1.54) is 32.5 Å². The number of H-pyrrole nitrogens is 2. The summed E-state index contributed by atoms with van der Waals surface area (Å²) in [5.74, 6) is -0.776. The standard InChI is InChI=1S/C43H53F2N9O6/c1-25(2)35(50-42(57)59-3)40(55)53-17-9-8-13-33(53)38-46-23-31(48-38)26-15-19-52(20-16-26)37-29(44)21-28(22-30(37)45)32-24-47-39(49-32)34-14-10-18-54(34)41(56)36(51-43(58)60-4)27-11-6-5-7-12-27/h5-7,11-12,21-26,33-36H,8-10,13-20H2,1-4H3,(H,46,48)(H,47,49)(H,50,57)(H,51,58)/t33-,34-,35-,36+/m0/s1. The lowest BCUT2D eigenvalue weighted by Crippen LogP contribution is -2.53. The molecule has 0 bridgehead atoms. The van der Waals surface area contributed by atoms with E-state index in [9.17, 15) is 19.2 Å². The minimum absolute atomic E-state index is 0.0784. The number of benzene rings is 2. The molecule has 3 aliphatic heterocycles. The van der Waals surface area contributed by atoms with Crippen LogP contribution in [0.15, 0.2) is 54.9 Å². The summed E-state index contributed by atoms with van der Waals surface area (Å²) < 4.78 is 41.3. The van der Waals surface area contributed by atoms with E-state index in [0.717, 1.165) is 25.0 Å². The highest BCUT2D eigenvalue weighted by atomic mass is 19.1. The molecule has 4 amide bonds. The zero-order valence-electron chi connectivity index (χ0n) is 34.4. The van der Waals surface area contributed by atoms with E-state index in [0.29, 0.717) is 74.8 Å². The van der Waals surface area contributed by atoms with Crippen molar-refractivity contribution in [2.45, 2.75) is 88.9 Å².